The van der Waals surface area contributed by atoms with Crippen LogP contribution in [0.2, 0.25) is 0 Å². The summed E-state index contributed by atoms with van der Waals surface area (Å²) in [6.07, 6.45) is 0. The predicted octanol–water partition coefficient (Wildman–Crippen LogP) is 5.09. The van der Waals surface area contributed by atoms with Crippen LogP contribution in [0.4, 0.5) is 0 Å². The van der Waals surface area contributed by atoms with Crippen molar-refractivity contribution in [2.75, 3.05) is 5.75 Å². The maximum absolute atomic E-state index is 3.77. The van der Waals surface area contributed by atoms with Crippen molar-refractivity contribution >= 4 is 27.7 Å². The standard InChI is InChI=1S/C17H18BrNS/c1-12(13-6-8-15(18)9-7-13)19-17-11-20-10-14-4-2-3-5-16(14)17/h2-9,12,17,19H,10-11H2,1H3. The van der Waals surface area contributed by atoms with Crippen LogP contribution in [-0.4, -0.2) is 5.75 Å². The molecular weight excluding hydrogens is 330 g/mol. The summed E-state index contributed by atoms with van der Waals surface area (Å²) in [4.78, 5) is 0. The molecule has 1 N–H and O–H groups in total. The zero-order valence-electron chi connectivity index (χ0n) is 11.5. The lowest BCUT2D eigenvalue weighted by molar-refractivity contribution is 0.495. The van der Waals surface area contributed by atoms with Gasteiger partial charge in [-0.05, 0) is 35.7 Å². The largest absolute Gasteiger partial charge is 0.303 e. The number of nitrogens with one attached hydrogen (secondary N) is 1. The van der Waals surface area contributed by atoms with E-state index in [4.69, 9.17) is 0 Å². The second-order valence-corrected chi connectivity index (χ2v) is 7.15. The number of hydrogen-bond donors (Lipinski definition) is 1. The Hall–Kier alpha value is -0.770. The third-order valence-corrected chi connectivity index (χ3v) is 5.41. The molecule has 104 valence electrons. The molecule has 2 atom stereocenters. The van der Waals surface area contributed by atoms with Crippen molar-refractivity contribution in [1.29, 1.82) is 0 Å². The highest BCUT2D eigenvalue weighted by Gasteiger charge is 2.21. The van der Waals surface area contributed by atoms with Gasteiger partial charge < -0.3 is 5.32 Å². The number of halogens is 1. The van der Waals surface area contributed by atoms with Gasteiger partial charge in [0.25, 0.3) is 0 Å². The first kappa shape index (κ1) is 14.2. The lowest BCUT2D eigenvalue weighted by atomic mass is 10.00. The molecule has 0 saturated heterocycles. The molecule has 0 fully saturated rings. The van der Waals surface area contributed by atoms with Gasteiger partial charge in [0.05, 0.1) is 0 Å². The first-order valence-electron chi connectivity index (χ1n) is 6.91. The first-order valence-corrected chi connectivity index (χ1v) is 8.86. The number of thioether (sulfide) groups is 1. The van der Waals surface area contributed by atoms with E-state index >= 15 is 0 Å². The predicted molar refractivity (Wildman–Crippen MR) is 91.0 cm³/mol. The van der Waals surface area contributed by atoms with Crippen molar-refractivity contribution in [2.45, 2.75) is 24.8 Å². The molecule has 1 aliphatic heterocycles. The zero-order chi connectivity index (χ0) is 13.9. The summed E-state index contributed by atoms with van der Waals surface area (Å²) in [6.45, 7) is 2.24. The van der Waals surface area contributed by atoms with Gasteiger partial charge in [0.1, 0.15) is 0 Å². The lowest BCUT2D eigenvalue weighted by Gasteiger charge is -2.29. The Morgan fingerprint density at radius 3 is 2.70 bits per heavy atom. The van der Waals surface area contributed by atoms with E-state index in [-0.39, 0.29) is 0 Å². The first-order chi connectivity index (χ1) is 9.74. The molecule has 0 amide bonds. The number of fused-ring (bicyclic) bond motifs is 1. The lowest BCUT2D eigenvalue weighted by Crippen LogP contribution is -2.29. The highest BCUT2D eigenvalue weighted by atomic mass is 79.9. The second kappa shape index (κ2) is 6.33. The quantitative estimate of drug-likeness (QED) is 0.829. The Kier molecular flexibility index (Phi) is 4.49. The molecule has 2 aromatic carbocycles. The van der Waals surface area contributed by atoms with E-state index in [1.54, 1.807) is 0 Å². The molecule has 0 spiro atoms. The maximum atomic E-state index is 3.77. The zero-order valence-corrected chi connectivity index (χ0v) is 13.9. The van der Waals surface area contributed by atoms with Gasteiger partial charge >= 0.3 is 0 Å². The summed E-state index contributed by atoms with van der Waals surface area (Å²) >= 11 is 5.51. The summed E-state index contributed by atoms with van der Waals surface area (Å²) in [7, 11) is 0. The van der Waals surface area contributed by atoms with Gasteiger partial charge in [0, 0.05) is 28.1 Å². The van der Waals surface area contributed by atoms with Gasteiger partial charge in [-0.1, -0.05) is 52.3 Å². The fourth-order valence-corrected chi connectivity index (χ4v) is 4.05. The Labute approximate surface area is 133 Å². The Bertz CT molecular complexity index is 582. The van der Waals surface area contributed by atoms with Crippen molar-refractivity contribution in [2.24, 2.45) is 0 Å². The minimum absolute atomic E-state index is 0.361. The third-order valence-electron chi connectivity index (χ3n) is 3.79. The topological polar surface area (TPSA) is 12.0 Å². The van der Waals surface area contributed by atoms with Gasteiger partial charge in [-0.25, -0.2) is 0 Å². The maximum Gasteiger partial charge on any atom is 0.0419 e. The Morgan fingerprint density at radius 2 is 1.90 bits per heavy atom. The molecule has 1 aliphatic rings. The van der Waals surface area contributed by atoms with Gasteiger partial charge in [-0.3, -0.25) is 0 Å². The molecule has 0 radical (unpaired) electrons. The van der Waals surface area contributed by atoms with Crippen LogP contribution in [0.3, 0.4) is 0 Å². The molecular formula is C17H18BrNS. The smallest absolute Gasteiger partial charge is 0.0419 e. The van der Waals surface area contributed by atoms with E-state index in [1.165, 1.54) is 16.7 Å². The van der Waals surface area contributed by atoms with E-state index < -0.39 is 0 Å². The van der Waals surface area contributed by atoms with E-state index in [0.29, 0.717) is 12.1 Å². The average molecular weight is 348 g/mol. The summed E-state index contributed by atoms with van der Waals surface area (Å²) in [5.74, 6) is 2.29. The normalized spacial score (nSPS) is 19.4. The summed E-state index contributed by atoms with van der Waals surface area (Å²) in [5.41, 5.74) is 4.28. The average Bonchev–Trinajstić information content (AvgIpc) is 2.48. The fraction of sp³-hybridized carbons (Fsp3) is 0.294. The van der Waals surface area contributed by atoms with Crippen LogP contribution in [0.5, 0.6) is 0 Å². The monoisotopic (exact) mass is 347 g/mol. The molecule has 2 aromatic rings. The van der Waals surface area contributed by atoms with Crippen LogP contribution in [0.25, 0.3) is 0 Å². The molecule has 2 unspecified atom stereocenters. The minimum atomic E-state index is 0.361. The minimum Gasteiger partial charge on any atom is -0.303 e. The highest BCUT2D eigenvalue weighted by Crippen LogP contribution is 2.33. The summed E-state index contributed by atoms with van der Waals surface area (Å²) < 4.78 is 1.13. The van der Waals surface area contributed by atoms with E-state index in [9.17, 15) is 0 Å². The van der Waals surface area contributed by atoms with Crippen LogP contribution >= 0.6 is 27.7 Å². The summed E-state index contributed by atoms with van der Waals surface area (Å²) in [6, 6.07) is 18.2. The second-order valence-electron chi connectivity index (χ2n) is 5.21. The Morgan fingerprint density at radius 1 is 1.15 bits per heavy atom. The highest BCUT2D eigenvalue weighted by molar-refractivity contribution is 9.10. The van der Waals surface area contributed by atoms with Crippen molar-refractivity contribution in [3.63, 3.8) is 0 Å². The molecule has 1 nitrogen and oxygen atoms in total. The molecule has 0 aromatic heterocycles. The van der Waals surface area contributed by atoms with E-state index in [0.717, 1.165) is 16.0 Å². The Balaban J connectivity index is 1.77. The molecule has 0 saturated carbocycles. The van der Waals surface area contributed by atoms with Gasteiger partial charge in [0.15, 0.2) is 0 Å². The molecule has 1 heterocycles. The molecule has 20 heavy (non-hydrogen) atoms. The van der Waals surface area contributed by atoms with E-state index in [2.05, 4.69) is 76.7 Å². The van der Waals surface area contributed by atoms with Crippen LogP contribution in [0.15, 0.2) is 53.0 Å². The third kappa shape index (κ3) is 3.11. The van der Waals surface area contributed by atoms with Crippen LogP contribution < -0.4 is 5.32 Å². The van der Waals surface area contributed by atoms with Crippen molar-refractivity contribution < 1.29 is 0 Å². The van der Waals surface area contributed by atoms with Crippen molar-refractivity contribution in [3.8, 4) is 0 Å². The fourth-order valence-electron chi connectivity index (χ4n) is 2.67. The molecule has 3 rings (SSSR count). The number of benzene rings is 2. The van der Waals surface area contributed by atoms with Crippen LogP contribution in [-0.2, 0) is 5.75 Å². The van der Waals surface area contributed by atoms with Crippen molar-refractivity contribution in [1.82, 2.24) is 5.32 Å². The molecule has 3 heteroatoms. The summed E-state index contributed by atoms with van der Waals surface area (Å²) in [5, 5.41) is 3.77. The molecule has 0 aliphatic carbocycles. The van der Waals surface area contributed by atoms with Gasteiger partial charge in [-0.2, -0.15) is 11.8 Å². The van der Waals surface area contributed by atoms with Crippen molar-refractivity contribution in [3.05, 3.63) is 69.7 Å². The molecule has 0 bridgehead atoms. The van der Waals surface area contributed by atoms with Gasteiger partial charge in [-0.15, -0.1) is 0 Å². The van der Waals surface area contributed by atoms with Crippen LogP contribution in [0, 0.1) is 0 Å². The SMILES string of the molecule is CC(NC1CSCc2ccccc21)c1ccc(Br)cc1. The van der Waals surface area contributed by atoms with Gasteiger partial charge in [0.2, 0.25) is 0 Å². The van der Waals surface area contributed by atoms with Crippen LogP contribution in [0.1, 0.15) is 35.7 Å². The number of hydrogen-bond acceptors (Lipinski definition) is 2. The number of rotatable bonds is 3. The van der Waals surface area contributed by atoms with E-state index in [1.807, 2.05) is 11.8 Å².